The first-order valence-corrected chi connectivity index (χ1v) is 5.77. The molecule has 2 atom stereocenters. The Morgan fingerprint density at radius 3 is 2.23 bits per heavy atom. The third-order valence-corrected chi connectivity index (χ3v) is 2.87. The third-order valence-electron chi connectivity index (χ3n) is 1.89. The fraction of sp³-hybridized carbons (Fsp3) is 0.400. The van der Waals surface area contributed by atoms with E-state index < -0.39 is 6.10 Å². The number of hydrogen-bond acceptors (Lipinski definition) is 2. The van der Waals surface area contributed by atoms with E-state index in [1.54, 1.807) is 18.7 Å². The smallest absolute Gasteiger partial charge is 0.0950 e. The van der Waals surface area contributed by atoms with E-state index in [9.17, 15) is 5.11 Å². The average Bonchev–Trinajstić information content (AvgIpc) is 2.17. The van der Waals surface area contributed by atoms with E-state index in [4.69, 9.17) is 11.6 Å². The fourth-order valence-corrected chi connectivity index (χ4v) is 1.62. The number of aliphatic hydroxyl groups is 1. The molecule has 0 heterocycles. The molecule has 0 saturated carbocycles. The van der Waals surface area contributed by atoms with Crippen molar-refractivity contribution >= 4 is 23.4 Å². The highest BCUT2D eigenvalue weighted by molar-refractivity contribution is 7.98. The van der Waals surface area contributed by atoms with E-state index >= 15 is 0 Å². The summed E-state index contributed by atoms with van der Waals surface area (Å²) in [6.07, 6.45) is 1.45. The summed E-state index contributed by atoms with van der Waals surface area (Å²) in [5, 5.41) is 9.37. The zero-order valence-corrected chi connectivity index (χ0v) is 9.27. The third kappa shape index (κ3) is 2.90. The van der Waals surface area contributed by atoms with Gasteiger partial charge in [0.2, 0.25) is 0 Å². The summed E-state index contributed by atoms with van der Waals surface area (Å²) in [6.45, 7) is 1.79. The predicted octanol–water partition coefficient (Wildman–Crippen LogP) is 3.07. The highest BCUT2D eigenvalue weighted by Gasteiger charge is 2.12. The lowest BCUT2D eigenvalue weighted by Crippen LogP contribution is -2.07. The second-order valence-electron chi connectivity index (χ2n) is 2.90. The van der Waals surface area contributed by atoms with Crippen molar-refractivity contribution in [1.29, 1.82) is 0 Å². The van der Waals surface area contributed by atoms with Gasteiger partial charge in [-0.15, -0.1) is 23.4 Å². The van der Waals surface area contributed by atoms with Crippen LogP contribution in [0.3, 0.4) is 0 Å². The number of aliphatic hydroxyl groups excluding tert-OH is 1. The quantitative estimate of drug-likeness (QED) is 0.619. The Labute approximate surface area is 88.1 Å². The fourth-order valence-electron chi connectivity index (χ4n) is 1.07. The van der Waals surface area contributed by atoms with Crippen LogP contribution in [0.15, 0.2) is 29.2 Å². The van der Waals surface area contributed by atoms with Gasteiger partial charge in [0.25, 0.3) is 0 Å². The number of hydrogen-bond donors (Lipinski definition) is 1. The molecule has 0 saturated heterocycles. The van der Waals surface area contributed by atoms with Gasteiger partial charge in [-0.3, -0.25) is 0 Å². The highest BCUT2D eigenvalue weighted by Crippen LogP contribution is 2.23. The maximum absolute atomic E-state index is 9.62. The van der Waals surface area contributed by atoms with Gasteiger partial charge in [0, 0.05) is 4.90 Å². The van der Waals surface area contributed by atoms with Crippen LogP contribution in [0.2, 0.25) is 0 Å². The van der Waals surface area contributed by atoms with E-state index in [1.807, 2.05) is 30.5 Å². The van der Waals surface area contributed by atoms with Crippen LogP contribution in [0.25, 0.3) is 0 Å². The molecule has 0 aliphatic heterocycles. The summed E-state index contributed by atoms with van der Waals surface area (Å²) < 4.78 is 0. The number of thioether (sulfide) groups is 1. The van der Waals surface area contributed by atoms with E-state index in [0.29, 0.717) is 0 Å². The summed E-state index contributed by atoms with van der Waals surface area (Å²) in [4.78, 5) is 1.19. The van der Waals surface area contributed by atoms with Crippen LogP contribution in [0.5, 0.6) is 0 Å². The standard InChI is InChI=1S/C10H13ClOS/c1-7(11)10(12)8-3-5-9(13-2)6-4-8/h3-7,10,12H,1-2H3. The SMILES string of the molecule is CSc1ccc(C(O)C(C)Cl)cc1. The monoisotopic (exact) mass is 216 g/mol. The van der Waals surface area contributed by atoms with Gasteiger partial charge in [0.1, 0.15) is 0 Å². The van der Waals surface area contributed by atoms with Crippen molar-refractivity contribution in [3.63, 3.8) is 0 Å². The van der Waals surface area contributed by atoms with Crippen LogP contribution >= 0.6 is 23.4 Å². The molecule has 72 valence electrons. The molecule has 0 aromatic heterocycles. The molecule has 0 spiro atoms. The lowest BCUT2D eigenvalue weighted by atomic mass is 10.1. The first kappa shape index (κ1) is 10.9. The molecule has 2 unspecified atom stereocenters. The molecule has 1 aromatic carbocycles. The van der Waals surface area contributed by atoms with Gasteiger partial charge in [-0.1, -0.05) is 12.1 Å². The molecule has 1 aromatic rings. The van der Waals surface area contributed by atoms with Gasteiger partial charge < -0.3 is 5.11 Å². The molecule has 0 radical (unpaired) electrons. The number of benzene rings is 1. The summed E-state index contributed by atoms with van der Waals surface area (Å²) in [5.74, 6) is 0. The van der Waals surface area contributed by atoms with Crippen molar-refractivity contribution in [3.8, 4) is 0 Å². The molecule has 0 aliphatic rings. The molecule has 0 aliphatic carbocycles. The molecular weight excluding hydrogens is 204 g/mol. The zero-order valence-electron chi connectivity index (χ0n) is 7.70. The molecule has 0 bridgehead atoms. The minimum Gasteiger partial charge on any atom is -0.387 e. The minimum absolute atomic E-state index is 0.250. The highest BCUT2D eigenvalue weighted by atomic mass is 35.5. The molecule has 0 fully saturated rings. The Balaban J connectivity index is 2.79. The van der Waals surface area contributed by atoms with Crippen molar-refractivity contribution in [2.45, 2.75) is 23.3 Å². The van der Waals surface area contributed by atoms with E-state index in [1.165, 1.54) is 4.90 Å². The first-order valence-electron chi connectivity index (χ1n) is 4.11. The Morgan fingerprint density at radius 1 is 1.31 bits per heavy atom. The summed E-state index contributed by atoms with van der Waals surface area (Å²) in [7, 11) is 0. The van der Waals surface area contributed by atoms with E-state index in [2.05, 4.69) is 0 Å². The molecule has 0 amide bonds. The lowest BCUT2D eigenvalue weighted by Gasteiger charge is -2.13. The van der Waals surface area contributed by atoms with Crippen molar-refractivity contribution in [2.75, 3.05) is 6.26 Å². The molecule has 13 heavy (non-hydrogen) atoms. The Bertz CT molecular complexity index is 258. The average molecular weight is 217 g/mol. The number of alkyl halides is 1. The normalized spacial score (nSPS) is 15.4. The number of rotatable bonds is 3. The van der Waals surface area contributed by atoms with Crippen molar-refractivity contribution < 1.29 is 5.11 Å². The van der Waals surface area contributed by atoms with Crippen LogP contribution in [-0.4, -0.2) is 16.7 Å². The van der Waals surface area contributed by atoms with Gasteiger partial charge in [0.05, 0.1) is 11.5 Å². The van der Waals surface area contributed by atoms with Gasteiger partial charge in [0.15, 0.2) is 0 Å². The minimum atomic E-state index is -0.572. The predicted molar refractivity (Wildman–Crippen MR) is 58.5 cm³/mol. The summed E-state index contributed by atoms with van der Waals surface area (Å²) >= 11 is 7.46. The molecular formula is C10H13ClOS. The topological polar surface area (TPSA) is 20.2 Å². The van der Waals surface area contributed by atoms with Gasteiger partial charge in [-0.2, -0.15) is 0 Å². The van der Waals surface area contributed by atoms with Gasteiger partial charge in [-0.25, -0.2) is 0 Å². The van der Waals surface area contributed by atoms with E-state index in [-0.39, 0.29) is 5.38 Å². The lowest BCUT2D eigenvalue weighted by molar-refractivity contribution is 0.177. The summed E-state index contributed by atoms with van der Waals surface area (Å²) in [6, 6.07) is 7.80. The van der Waals surface area contributed by atoms with Gasteiger partial charge >= 0.3 is 0 Å². The molecule has 1 rings (SSSR count). The van der Waals surface area contributed by atoms with Crippen LogP contribution in [0, 0.1) is 0 Å². The van der Waals surface area contributed by atoms with Crippen molar-refractivity contribution in [3.05, 3.63) is 29.8 Å². The molecule has 3 heteroatoms. The van der Waals surface area contributed by atoms with Crippen molar-refractivity contribution in [2.24, 2.45) is 0 Å². The van der Waals surface area contributed by atoms with Crippen LogP contribution in [0.4, 0.5) is 0 Å². The Kier molecular flexibility index (Phi) is 4.10. The van der Waals surface area contributed by atoms with Gasteiger partial charge in [-0.05, 0) is 30.9 Å². The van der Waals surface area contributed by atoms with Crippen LogP contribution < -0.4 is 0 Å². The Morgan fingerprint density at radius 2 is 1.85 bits per heavy atom. The molecule has 1 N–H and O–H groups in total. The first-order chi connectivity index (χ1) is 6.15. The maximum Gasteiger partial charge on any atom is 0.0950 e. The summed E-state index contributed by atoms with van der Waals surface area (Å²) in [5.41, 5.74) is 0.875. The largest absolute Gasteiger partial charge is 0.387 e. The van der Waals surface area contributed by atoms with Crippen LogP contribution in [-0.2, 0) is 0 Å². The second kappa shape index (κ2) is 4.89. The zero-order chi connectivity index (χ0) is 9.84. The maximum atomic E-state index is 9.62. The Hall–Kier alpha value is -0.180. The van der Waals surface area contributed by atoms with Crippen molar-refractivity contribution in [1.82, 2.24) is 0 Å². The second-order valence-corrected chi connectivity index (χ2v) is 4.46. The molecule has 1 nitrogen and oxygen atoms in total. The van der Waals surface area contributed by atoms with Crippen LogP contribution in [0.1, 0.15) is 18.6 Å². The van der Waals surface area contributed by atoms with E-state index in [0.717, 1.165) is 5.56 Å². The number of halogens is 1.